The molecule has 3 N–H and O–H groups in total. The van der Waals surface area contributed by atoms with E-state index in [-0.39, 0.29) is 5.82 Å². The zero-order chi connectivity index (χ0) is 18.0. The minimum Gasteiger partial charge on any atom is -0.444 e. The Morgan fingerprint density at radius 3 is 2.25 bits per heavy atom. The zero-order valence-electron chi connectivity index (χ0n) is 14.8. The molecular formula is C17H27FN4O2. The fourth-order valence-electron chi connectivity index (χ4n) is 1.86. The van der Waals surface area contributed by atoms with Crippen molar-refractivity contribution in [3.05, 3.63) is 35.6 Å². The second kappa shape index (κ2) is 9.75. The van der Waals surface area contributed by atoms with Crippen molar-refractivity contribution in [3.63, 3.8) is 0 Å². The first-order chi connectivity index (χ1) is 11.3. The molecule has 0 bridgehead atoms. The zero-order valence-corrected chi connectivity index (χ0v) is 14.8. The highest BCUT2D eigenvalue weighted by molar-refractivity contribution is 5.79. The maximum atomic E-state index is 12.8. The molecule has 1 amide bonds. The second-order valence-corrected chi connectivity index (χ2v) is 6.23. The minimum absolute atomic E-state index is 0.235. The summed E-state index contributed by atoms with van der Waals surface area (Å²) in [4.78, 5) is 15.6. The van der Waals surface area contributed by atoms with Crippen molar-refractivity contribution in [2.45, 2.75) is 32.8 Å². The van der Waals surface area contributed by atoms with Crippen LogP contribution in [-0.4, -0.2) is 44.3 Å². The molecule has 0 fully saturated rings. The molecule has 0 aliphatic heterocycles. The van der Waals surface area contributed by atoms with Crippen LogP contribution in [0.5, 0.6) is 0 Å². The number of nitrogens with zero attached hydrogens (tertiary/aromatic N) is 1. The molecule has 1 aromatic carbocycles. The summed E-state index contributed by atoms with van der Waals surface area (Å²) in [6.07, 6.45) is 0.320. The average molecular weight is 338 g/mol. The Balaban J connectivity index is 2.19. The van der Waals surface area contributed by atoms with E-state index < -0.39 is 11.7 Å². The van der Waals surface area contributed by atoms with Crippen molar-refractivity contribution < 1.29 is 13.9 Å². The van der Waals surface area contributed by atoms with Crippen LogP contribution in [0.25, 0.3) is 0 Å². The predicted molar refractivity (Wildman–Crippen MR) is 93.7 cm³/mol. The maximum absolute atomic E-state index is 12.8. The van der Waals surface area contributed by atoms with E-state index in [0.717, 1.165) is 12.0 Å². The van der Waals surface area contributed by atoms with Crippen LogP contribution in [0.4, 0.5) is 9.18 Å². The number of carbonyl (C=O) groups excluding carboxylic acids is 1. The predicted octanol–water partition coefficient (Wildman–Crippen LogP) is 2.06. The Labute approximate surface area is 142 Å². The van der Waals surface area contributed by atoms with Crippen molar-refractivity contribution in [2.24, 2.45) is 4.99 Å². The summed E-state index contributed by atoms with van der Waals surface area (Å²) >= 11 is 0. The number of guanidine groups is 1. The molecule has 0 spiro atoms. The summed E-state index contributed by atoms with van der Waals surface area (Å²) in [5.41, 5.74) is 0.543. The highest BCUT2D eigenvalue weighted by Gasteiger charge is 2.15. The van der Waals surface area contributed by atoms with Gasteiger partial charge in [0.15, 0.2) is 5.96 Å². The van der Waals surface area contributed by atoms with E-state index in [9.17, 15) is 9.18 Å². The van der Waals surface area contributed by atoms with Gasteiger partial charge in [0.1, 0.15) is 11.4 Å². The second-order valence-electron chi connectivity index (χ2n) is 6.23. The Bertz CT molecular complexity index is 539. The van der Waals surface area contributed by atoms with E-state index in [2.05, 4.69) is 20.9 Å². The Hall–Kier alpha value is -2.31. The molecule has 0 atom stereocenters. The summed E-state index contributed by atoms with van der Waals surface area (Å²) in [5, 5.41) is 8.92. The van der Waals surface area contributed by atoms with Gasteiger partial charge in [-0.3, -0.25) is 4.99 Å². The van der Waals surface area contributed by atoms with Gasteiger partial charge in [0.25, 0.3) is 0 Å². The molecule has 1 rings (SSSR count). The number of hydrogen-bond acceptors (Lipinski definition) is 3. The maximum Gasteiger partial charge on any atom is 0.407 e. The average Bonchev–Trinajstić information content (AvgIpc) is 2.49. The highest BCUT2D eigenvalue weighted by atomic mass is 19.1. The van der Waals surface area contributed by atoms with Crippen molar-refractivity contribution in [1.29, 1.82) is 0 Å². The lowest BCUT2D eigenvalue weighted by Crippen LogP contribution is -2.42. The smallest absolute Gasteiger partial charge is 0.407 e. The lowest BCUT2D eigenvalue weighted by molar-refractivity contribution is 0.0529. The number of ether oxygens (including phenoxy) is 1. The van der Waals surface area contributed by atoms with Crippen LogP contribution in [-0.2, 0) is 11.2 Å². The number of hydrogen-bond donors (Lipinski definition) is 3. The number of amides is 1. The summed E-state index contributed by atoms with van der Waals surface area (Å²) in [6.45, 7) is 7.07. The minimum atomic E-state index is -0.505. The number of aliphatic imine (C=N–C) groups is 1. The van der Waals surface area contributed by atoms with Crippen LogP contribution in [0.2, 0.25) is 0 Å². The SMILES string of the molecule is CN=C(NCCNC(=O)OC(C)(C)C)NCCc1ccc(F)cc1. The molecule has 0 radical (unpaired) electrons. The summed E-state index contributed by atoms with van der Waals surface area (Å²) < 4.78 is 18.0. The Morgan fingerprint density at radius 1 is 1.08 bits per heavy atom. The van der Waals surface area contributed by atoms with Gasteiger partial charge in [0.05, 0.1) is 0 Å². The van der Waals surface area contributed by atoms with Crippen LogP contribution in [0.3, 0.4) is 0 Å². The lowest BCUT2D eigenvalue weighted by atomic mass is 10.1. The van der Waals surface area contributed by atoms with Crippen LogP contribution in [0.15, 0.2) is 29.3 Å². The third-order valence-electron chi connectivity index (χ3n) is 2.93. The molecule has 0 aliphatic rings. The fourth-order valence-corrected chi connectivity index (χ4v) is 1.86. The number of carbonyl (C=O) groups is 1. The Morgan fingerprint density at radius 2 is 1.67 bits per heavy atom. The molecule has 0 aromatic heterocycles. The van der Waals surface area contributed by atoms with E-state index in [1.807, 2.05) is 20.8 Å². The van der Waals surface area contributed by atoms with Gasteiger partial charge >= 0.3 is 6.09 Å². The van der Waals surface area contributed by atoms with E-state index in [1.165, 1.54) is 12.1 Å². The van der Waals surface area contributed by atoms with E-state index >= 15 is 0 Å². The topological polar surface area (TPSA) is 74.8 Å². The largest absolute Gasteiger partial charge is 0.444 e. The molecule has 0 aliphatic carbocycles. The van der Waals surface area contributed by atoms with E-state index in [0.29, 0.717) is 25.6 Å². The summed E-state index contributed by atoms with van der Waals surface area (Å²) in [6, 6.07) is 6.42. The molecule has 0 saturated heterocycles. The van der Waals surface area contributed by atoms with Crippen LogP contribution in [0.1, 0.15) is 26.3 Å². The molecule has 0 unspecified atom stereocenters. The lowest BCUT2D eigenvalue weighted by Gasteiger charge is -2.19. The van der Waals surface area contributed by atoms with Gasteiger partial charge in [-0.05, 0) is 44.9 Å². The van der Waals surface area contributed by atoms with Crippen LogP contribution in [0, 0.1) is 5.82 Å². The quantitative estimate of drug-likeness (QED) is 0.422. The summed E-state index contributed by atoms with van der Waals surface area (Å²) in [5.74, 6) is 0.407. The van der Waals surface area contributed by atoms with Crippen molar-refractivity contribution in [1.82, 2.24) is 16.0 Å². The van der Waals surface area contributed by atoms with E-state index in [1.54, 1.807) is 19.2 Å². The normalized spacial score (nSPS) is 11.8. The first-order valence-electron chi connectivity index (χ1n) is 7.96. The van der Waals surface area contributed by atoms with Gasteiger partial charge in [-0.15, -0.1) is 0 Å². The molecule has 0 saturated carbocycles. The molecule has 7 heteroatoms. The van der Waals surface area contributed by atoms with Gasteiger partial charge in [-0.25, -0.2) is 9.18 Å². The van der Waals surface area contributed by atoms with Crippen molar-refractivity contribution in [3.8, 4) is 0 Å². The molecule has 24 heavy (non-hydrogen) atoms. The van der Waals surface area contributed by atoms with Gasteiger partial charge < -0.3 is 20.7 Å². The first-order valence-corrected chi connectivity index (χ1v) is 7.96. The summed E-state index contributed by atoms with van der Waals surface area (Å²) in [7, 11) is 1.68. The molecule has 0 heterocycles. The third kappa shape index (κ3) is 8.97. The monoisotopic (exact) mass is 338 g/mol. The van der Waals surface area contributed by atoms with Crippen LogP contribution >= 0.6 is 0 Å². The number of benzene rings is 1. The highest BCUT2D eigenvalue weighted by Crippen LogP contribution is 2.06. The number of halogens is 1. The first kappa shape index (κ1) is 19.7. The third-order valence-corrected chi connectivity index (χ3v) is 2.93. The Kier molecular flexibility index (Phi) is 8.01. The standard InChI is InChI=1S/C17H27FN4O2/c1-17(2,3)24-16(23)22-12-11-21-15(19-4)20-10-9-13-5-7-14(18)8-6-13/h5-8H,9-12H2,1-4H3,(H,22,23)(H2,19,20,21). The number of rotatable bonds is 6. The van der Waals surface area contributed by atoms with Gasteiger partial charge in [-0.2, -0.15) is 0 Å². The fraction of sp³-hybridized carbons (Fsp3) is 0.529. The van der Waals surface area contributed by atoms with Gasteiger partial charge in [0, 0.05) is 26.7 Å². The molecular weight excluding hydrogens is 311 g/mol. The van der Waals surface area contributed by atoms with Crippen LogP contribution < -0.4 is 16.0 Å². The van der Waals surface area contributed by atoms with Crippen molar-refractivity contribution in [2.75, 3.05) is 26.7 Å². The van der Waals surface area contributed by atoms with Gasteiger partial charge in [0.2, 0.25) is 0 Å². The number of alkyl carbamates (subject to hydrolysis) is 1. The van der Waals surface area contributed by atoms with E-state index in [4.69, 9.17) is 4.74 Å². The number of nitrogens with one attached hydrogen (secondary N) is 3. The molecule has 6 nitrogen and oxygen atoms in total. The van der Waals surface area contributed by atoms with Crippen molar-refractivity contribution >= 4 is 12.1 Å². The molecule has 134 valence electrons. The molecule has 1 aromatic rings. The van der Waals surface area contributed by atoms with Gasteiger partial charge in [-0.1, -0.05) is 12.1 Å².